The fourth-order valence-electron chi connectivity index (χ4n) is 0.584. The van der Waals surface area contributed by atoms with E-state index < -0.39 is 0 Å². The smallest absolute Gasteiger partial charge is 0.143 e. The highest BCUT2D eigenvalue weighted by Crippen LogP contribution is 2.25. The molecular weight excluding hydrogens is 182 g/mol. The number of nitrogens with zero attached hydrogens (tertiary/aromatic N) is 1. The molecule has 1 aromatic heterocycles. The summed E-state index contributed by atoms with van der Waals surface area (Å²) in [6, 6.07) is 5.06. The van der Waals surface area contributed by atoms with Crippen molar-refractivity contribution in [1.82, 2.24) is 0 Å². The number of hydrogen-bond donors (Lipinski definition) is 1. The summed E-state index contributed by atoms with van der Waals surface area (Å²) < 4.78 is 0.595. The number of rotatable bonds is 1. The first kappa shape index (κ1) is 8.12. The minimum Gasteiger partial charge on any atom is -0.506 e. The van der Waals surface area contributed by atoms with Crippen LogP contribution in [0.3, 0.4) is 0 Å². The number of aliphatic hydroxyl groups excluding tert-OH is 1. The van der Waals surface area contributed by atoms with E-state index in [1.807, 2.05) is 0 Å². The molecule has 1 N–H and O–H groups in total. The van der Waals surface area contributed by atoms with Gasteiger partial charge < -0.3 is 5.11 Å². The average Bonchev–Trinajstić information content (AvgIpc) is 2.36. The molecule has 1 rings (SSSR count). The lowest BCUT2D eigenvalue weighted by Crippen LogP contribution is -1.72. The Labute approximate surface area is 73.0 Å². The van der Waals surface area contributed by atoms with E-state index in [4.69, 9.17) is 22.0 Å². The molecule has 56 valence electrons. The fourth-order valence-corrected chi connectivity index (χ4v) is 1.54. The molecule has 0 atom stereocenters. The summed E-state index contributed by atoms with van der Waals surface area (Å²) in [5.74, 6) is -0.0376. The highest BCUT2D eigenvalue weighted by atomic mass is 35.5. The summed E-state index contributed by atoms with van der Waals surface area (Å²) in [4.78, 5) is 0.608. The quantitative estimate of drug-likeness (QED) is 0.540. The molecule has 0 spiro atoms. The van der Waals surface area contributed by atoms with Gasteiger partial charge in [0, 0.05) is 0 Å². The van der Waals surface area contributed by atoms with Gasteiger partial charge in [0.05, 0.1) is 21.4 Å². The van der Waals surface area contributed by atoms with Crippen LogP contribution in [0, 0.1) is 11.3 Å². The summed E-state index contributed by atoms with van der Waals surface area (Å²) in [6.07, 6.45) is 1.07. The SMILES string of the molecule is N#C/C=C(\O)c1ccc(Cl)s1. The minimum atomic E-state index is -0.0376. The van der Waals surface area contributed by atoms with E-state index in [1.165, 1.54) is 11.3 Å². The van der Waals surface area contributed by atoms with Gasteiger partial charge in [0.1, 0.15) is 5.76 Å². The lowest BCUT2D eigenvalue weighted by molar-refractivity contribution is 0.514. The zero-order chi connectivity index (χ0) is 8.27. The van der Waals surface area contributed by atoms with E-state index >= 15 is 0 Å². The largest absolute Gasteiger partial charge is 0.506 e. The molecule has 0 aliphatic carbocycles. The monoisotopic (exact) mass is 185 g/mol. The van der Waals surface area contributed by atoms with Crippen molar-refractivity contribution in [2.45, 2.75) is 0 Å². The molecule has 0 unspecified atom stereocenters. The Morgan fingerprint density at radius 3 is 2.91 bits per heavy atom. The van der Waals surface area contributed by atoms with Crippen LogP contribution in [-0.4, -0.2) is 5.11 Å². The second kappa shape index (κ2) is 3.42. The van der Waals surface area contributed by atoms with E-state index in [2.05, 4.69) is 0 Å². The Bertz CT molecular complexity index is 323. The van der Waals surface area contributed by atoms with E-state index in [1.54, 1.807) is 18.2 Å². The molecule has 0 radical (unpaired) electrons. The first-order chi connectivity index (χ1) is 5.24. The summed E-state index contributed by atoms with van der Waals surface area (Å²) in [5.41, 5.74) is 0. The molecule has 4 heteroatoms. The normalized spacial score (nSPS) is 11.1. The molecule has 1 aromatic rings. The predicted molar refractivity (Wildman–Crippen MR) is 45.5 cm³/mol. The molecule has 0 saturated carbocycles. The average molecular weight is 186 g/mol. The molecule has 2 nitrogen and oxygen atoms in total. The molecule has 0 fully saturated rings. The Morgan fingerprint density at radius 2 is 2.45 bits per heavy atom. The van der Waals surface area contributed by atoms with Gasteiger partial charge in [-0.25, -0.2) is 0 Å². The lowest BCUT2D eigenvalue weighted by Gasteiger charge is -1.88. The molecule has 0 aliphatic rings. The van der Waals surface area contributed by atoms with Gasteiger partial charge in [0.15, 0.2) is 0 Å². The second-order valence-electron chi connectivity index (χ2n) is 1.76. The molecule has 0 amide bonds. The van der Waals surface area contributed by atoms with Crippen LogP contribution in [0.4, 0.5) is 0 Å². The van der Waals surface area contributed by atoms with Crippen LogP contribution in [0.5, 0.6) is 0 Å². The number of allylic oxidation sites excluding steroid dienone is 1. The second-order valence-corrected chi connectivity index (χ2v) is 3.48. The number of thiophene rings is 1. The number of nitriles is 1. The van der Waals surface area contributed by atoms with Gasteiger partial charge in [-0.15, -0.1) is 11.3 Å². The van der Waals surface area contributed by atoms with Crippen LogP contribution in [-0.2, 0) is 0 Å². The topological polar surface area (TPSA) is 44.0 Å². The van der Waals surface area contributed by atoms with Crippen LogP contribution in [0.2, 0.25) is 4.34 Å². The summed E-state index contributed by atoms with van der Waals surface area (Å²) >= 11 is 6.83. The molecule has 0 aromatic carbocycles. The zero-order valence-electron chi connectivity index (χ0n) is 5.41. The summed E-state index contributed by atoms with van der Waals surface area (Å²) in [7, 11) is 0. The zero-order valence-corrected chi connectivity index (χ0v) is 6.99. The van der Waals surface area contributed by atoms with Crippen LogP contribution in [0.15, 0.2) is 18.2 Å². The number of hydrogen-bond acceptors (Lipinski definition) is 3. The van der Waals surface area contributed by atoms with Gasteiger partial charge >= 0.3 is 0 Å². The molecular formula is C7H4ClNOS. The summed E-state index contributed by atoms with van der Waals surface area (Å²) in [5, 5.41) is 17.3. The third kappa shape index (κ3) is 1.97. The molecule has 11 heavy (non-hydrogen) atoms. The first-order valence-corrected chi connectivity index (χ1v) is 3.98. The van der Waals surface area contributed by atoms with Gasteiger partial charge in [-0.3, -0.25) is 0 Å². The van der Waals surface area contributed by atoms with Gasteiger partial charge in [0.25, 0.3) is 0 Å². The molecule has 0 bridgehead atoms. The minimum absolute atomic E-state index is 0.0376. The van der Waals surface area contributed by atoms with Crippen molar-refractivity contribution in [1.29, 1.82) is 5.26 Å². The Hall–Kier alpha value is -0.980. The van der Waals surface area contributed by atoms with Crippen molar-refractivity contribution in [2.75, 3.05) is 0 Å². The van der Waals surface area contributed by atoms with Crippen molar-refractivity contribution in [3.8, 4) is 6.07 Å². The van der Waals surface area contributed by atoms with Crippen molar-refractivity contribution < 1.29 is 5.11 Å². The number of halogens is 1. The van der Waals surface area contributed by atoms with Gasteiger partial charge in [-0.2, -0.15) is 5.26 Å². The van der Waals surface area contributed by atoms with Crippen molar-refractivity contribution in [3.05, 3.63) is 27.4 Å². The maximum absolute atomic E-state index is 9.12. The lowest BCUT2D eigenvalue weighted by atomic mass is 10.4. The first-order valence-electron chi connectivity index (χ1n) is 2.78. The maximum atomic E-state index is 9.12. The van der Waals surface area contributed by atoms with Gasteiger partial charge in [-0.05, 0) is 12.1 Å². The molecule has 1 heterocycles. The number of aliphatic hydroxyl groups is 1. The summed E-state index contributed by atoms with van der Waals surface area (Å²) in [6.45, 7) is 0. The molecule has 0 aliphatic heterocycles. The Morgan fingerprint density at radius 1 is 1.73 bits per heavy atom. The van der Waals surface area contributed by atoms with Crippen LogP contribution in [0.1, 0.15) is 4.88 Å². The Kier molecular flexibility index (Phi) is 2.53. The predicted octanol–water partition coefficient (Wildman–Crippen LogP) is 2.82. The van der Waals surface area contributed by atoms with Gasteiger partial charge in [0.2, 0.25) is 0 Å². The van der Waals surface area contributed by atoms with Crippen LogP contribution in [0.25, 0.3) is 5.76 Å². The van der Waals surface area contributed by atoms with Gasteiger partial charge in [-0.1, -0.05) is 11.6 Å². The van der Waals surface area contributed by atoms with Crippen molar-refractivity contribution >= 4 is 28.7 Å². The highest BCUT2D eigenvalue weighted by Gasteiger charge is 2.01. The van der Waals surface area contributed by atoms with Crippen molar-refractivity contribution in [2.24, 2.45) is 0 Å². The van der Waals surface area contributed by atoms with Crippen LogP contribution < -0.4 is 0 Å². The third-order valence-corrected chi connectivity index (χ3v) is 2.28. The third-order valence-electron chi connectivity index (χ3n) is 1.03. The van der Waals surface area contributed by atoms with E-state index in [0.717, 1.165) is 6.08 Å². The van der Waals surface area contributed by atoms with Crippen molar-refractivity contribution in [3.63, 3.8) is 0 Å². The highest BCUT2D eigenvalue weighted by molar-refractivity contribution is 7.17. The fraction of sp³-hybridized carbons (Fsp3) is 0. The van der Waals surface area contributed by atoms with Crippen LogP contribution >= 0.6 is 22.9 Å². The molecule has 0 saturated heterocycles. The van der Waals surface area contributed by atoms with E-state index in [0.29, 0.717) is 9.21 Å². The standard InChI is InChI=1S/C7H4ClNOS/c8-7-2-1-6(11-7)5(10)3-4-9/h1-3,10H/b5-3-. The maximum Gasteiger partial charge on any atom is 0.143 e. The van der Waals surface area contributed by atoms with E-state index in [-0.39, 0.29) is 5.76 Å². The van der Waals surface area contributed by atoms with E-state index in [9.17, 15) is 0 Å². The Balaban J connectivity index is 2.95.